The lowest BCUT2D eigenvalue weighted by atomic mass is 10.0. The summed E-state index contributed by atoms with van der Waals surface area (Å²) in [6, 6.07) is 0. The van der Waals surface area contributed by atoms with Gasteiger partial charge in [0.05, 0.1) is 5.66 Å². The molecule has 0 heterocycles. The molecule has 0 aliphatic carbocycles. The molecule has 0 aromatic heterocycles. The molecule has 1 unspecified atom stereocenters. The molecule has 0 aromatic carbocycles. The van der Waals surface area contributed by atoms with Crippen molar-refractivity contribution in [1.29, 1.82) is 0 Å². The first-order chi connectivity index (χ1) is 9.98. The minimum atomic E-state index is -3.84. The Bertz CT molecular complexity index is 263. The Morgan fingerprint density at radius 2 is 1.05 bits per heavy atom. The highest BCUT2D eigenvalue weighted by molar-refractivity contribution is 7.52. The van der Waals surface area contributed by atoms with Crippen LogP contribution in [0.15, 0.2) is 0 Å². The van der Waals surface area contributed by atoms with E-state index in [0.717, 1.165) is 12.8 Å². The van der Waals surface area contributed by atoms with Gasteiger partial charge in [-0.15, -0.1) is 0 Å². The molecule has 1 atom stereocenters. The average Bonchev–Trinajstić information content (AvgIpc) is 2.42. The molecule has 0 aliphatic heterocycles. The van der Waals surface area contributed by atoms with E-state index in [1.54, 1.807) is 6.92 Å². The largest absolute Gasteiger partial charge is 0.328 e. The van der Waals surface area contributed by atoms with Crippen LogP contribution >= 0.6 is 7.60 Å². The molecule has 0 spiro atoms. The van der Waals surface area contributed by atoms with Gasteiger partial charge >= 0.3 is 7.60 Å². The second kappa shape index (κ2) is 13.8. The van der Waals surface area contributed by atoms with Crippen LogP contribution in [-0.2, 0) is 4.57 Å². The van der Waals surface area contributed by atoms with Crippen LogP contribution in [0.4, 0.5) is 0 Å². The standard InChI is InChI=1S/C17H37O3P/c1-3-4-5-6-7-8-9-10-11-12-13-14-15-16-17(2)21(18,19)20/h17H,3-16H2,1-2H3,(H2,18,19,20). The van der Waals surface area contributed by atoms with E-state index in [9.17, 15) is 4.57 Å². The van der Waals surface area contributed by atoms with Gasteiger partial charge in [-0.25, -0.2) is 0 Å². The average molecular weight is 320 g/mol. The Kier molecular flexibility index (Phi) is 13.9. The summed E-state index contributed by atoms with van der Waals surface area (Å²) in [7, 11) is -3.84. The molecular formula is C17H37O3P. The fourth-order valence-electron chi connectivity index (χ4n) is 2.63. The lowest BCUT2D eigenvalue weighted by molar-refractivity contribution is 0.355. The van der Waals surface area contributed by atoms with Gasteiger partial charge in [-0.2, -0.15) is 0 Å². The maximum Gasteiger partial charge on any atom is 0.328 e. The molecule has 0 bridgehead atoms. The third-order valence-electron chi connectivity index (χ3n) is 4.30. The first-order valence-corrected chi connectivity index (χ1v) is 10.7. The third kappa shape index (κ3) is 14.8. The number of unbranched alkanes of at least 4 members (excludes halogenated alkanes) is 12. The Morgan fingerprint density at radius 3 is 1.38 bits per heavy atom. The minimum absolute atomic E-state index is 0.467. The van der Waals surface area contributed by atoms with Gasteiger partial charge in [-0.05, 0) is 6.42 Å². The Morgan fingerprint density at radius 1 is 0.714 bits per heavy atom. The van der Waals surface area contributed by atoms with Crippen molar-refractivity contribution in [2.75, 3.05) is 0 Å². The van der Waals surface area contributed by atoms with Crippen LogP contribution in [0, 0.1) is 0 Å². The van der Waals surface area contributed by atoms with Gasteiger partial charge in [0.1, 0.15) is 0 Å². The summed E-state index contributed by atoms with van der Waals surface area (Å²) in [6.45, 7) is 3.91. The Labute approximate surface area is 132 Å². The highest BCUT2D eigenvalue weighted by Crippen LogP contribution is 2.43. The molecule has 0 aromatic rings. The first-order valence-electron chi connectivity index (χ1n) is 9.03. The summed E-state index contributed by atoms with van der Waals surface area (Å²) in [4.78, 5) is 18.0. The highest BCUT2D eigenvalue weighted by Gasteiger charge is 2.22. The molecule has 0 saturated heterocycles. The molecule has 2 N–H and O–H groups in total. The number of hydrogen-bond donors (Lipinski definition) is 2. The Hall–Kier alpha value is 0.150. The summed E-state index contributed by atoms with van der Waals surface area (Å²) in [5.41, 5.74) is -0.467. The SMILES string of the molecule is CCCCCCCCCCCCCCCC(C)P(=O)(O)O. The zero-order chi connectivity index (χ0) is 16.0. The van der Waals surface area contributed by atoms with Crippen molar-refractivity contribution in [2.45, 2.75) is 109 Å². The quantitative estimate of drug-likeness (QED) is 0.286. The van der Waals surface area contributed by atoms with Gasteiger partial charge in [0.2, 0.25) is 0 Å². The van der Waals surface area contributed by atoms with Crippen molar-refractivity contribution in [1.82, 2.24) is 0 Å². The third-order valence-corrected chi connectivity index (χ3v) is 5.71. The molecule has 21 heavy (non-hydrogen) atoms. The lowest BCUT2D eigenvalue weighted by Crippen LogP contribution is -2.02. The fourth-order valence-corrected chi connectivity index (χ4v) is 3.14. The fraction of sp³-hybridized carbons (Fsp3) is 1.00. The van der Waals surface area contributed by atoms with Gasteiger partial charge in [-0.3, -0.25) is 4.57 Å². The van der Waals surface area contributed by atoms with Crippen LogP contribution in [0.2, 0.25) is 0 Å². The monoisotopic (exact) mass is 320 g/mol. The van der Waals surface area contributed by atoms with Crippen molar-refractivity contribution >= 4 is 7.60 Å². The molecule has 0 rings (SSSR count). The van der Waals surface area contributed by atoms with Crippen LogP contribution in [-0.4, -0.2) is 15.4 Å². The molecule has 0 radical (unpaired) electrons. The second-order valence-electron chi connectivity index (χ2n) is 6.47. The van der Waals surface area contributed by atoms with E-state index >= 15 is 0 Å². The molecule has 4 heteroatoms. The van der Waals surface area contributed by atoms with Crippen LogP contribution in [0.3, 0.4) is 0 Å². The van der Waals surface area contributed by atoms with E-state index in [0.29, 0.717) is 6.42 Å². The summed E-state index contributed by atoms with van der Waals surface area (Å²) >= 11 is 0. The lowest BCUT2D eigenvalue weighted by Gasteiger charge is -2.12. The summed E-state index contributed by atoms with van der Waals surface area (Å²) in [5.74, 6) is 0. The highest BCUT2D eigenvalue weighted by atomic mass is 31.2. The van der Waals surface area contributed by atoms with Gasteiger partial charge in [0.25, 0.3) is 0 Å². The van der Waals surface area contributed by atoms with Crippen LogP contribution in [0.5, 0.6) is 0 Å². The van der Waals surface area contributed by atoms with E-state index in [1.807, 2.05) is 0 Å². The van der Waals surface area contributed by atoms with Gasteiger partial charge < -0.3 is 9.79 Å². The topological polar surface area (TPSA) is 57.5 Å². The predicted molar refractivity (Wildman–Crippen MR) is 91.8 cm³/mol. The van der Waals surface area contributed by atoms with Crippen molar-refractivity contribution in [3.63, 3.8) is 0 Å². The summed E-state index contributed by atoms with van der Waals surface area (Å²) < 4.78 is 11.0. The maximum atomic E-state index is 11.0. The molecular weight excluding hydrogens is 283 g/mol. The second-order valence-corrected chi connectivity index (χ2v) is 8.53. The molecule has 0 amide bonds. The van der Waals surface area contributed by atoms with E-state index in [2.05, 4.69) is 6.92 Å². The smallest absolute Gasteiger partial charge is 0.324 e. The van der Waals surface area contributed by atoms with E-state index in [4.69, 9.17) is 9.79 Å². The van der Waals surface area contributed by atoms with Crippen LogP contribution in [0.1, 0.15) is 104 Å². The van der Waals surface area contributed by atoms with Crippen molar-refractivity contribution in [3.8, 4) is 0 Å². The van der Waals surface area contributed by atoms with Crippen LogP contribution in [0.25, 0.3) is 0 Å². The molecule has 0 aliphatic rings. The van der Waals surface area contributed by atoms with E-state index in [-0.39, 0.29) is 0 Å². The summed E-state index contributed by atoms with van der Waals surface area (Å²) in [6.07, 6.45) is 17.6. The zero-order valence-electron chi connectivity index (χ0n) is 14.2. The van der Waals surface area contributed by atoms with Crippen molar-refractivity contribution in [3.05, 3.63) is 0 Å². The van der Waals surface area contributed by atoms with Crippen molar-refractivity contribution < 1.29 is 14.4 Å². The van der Waals surface area contributed by atoms with Crippen molar-refractivity contribution in [2.24, 2.45) is 0 Å². The first kappa shape index (κ1) is 21.1. The maximum absolute atomic E-state index is 11.0. The number of rotatable bonds is 15. The van der Waals surface area contributed by atoms with E-state index in [1.165, 1.54) is 70.6 Å². The number of hydrogen-bond acceptors (Lipinski definition) is 1. The van der Waals surface area contributed by atoms with E-state index < -0.39 is 13.3 Å². The molecule has 0 saturated carbocycles. The summed E-state index contributed by atoms with van der Waals surface area (Å²) in [5, 5.41) is 0. The molecule has 128 valence electrons. The molecule has 0 fully saturated rings. The van der Waals surface area contributed by atoms with Gasteiger partial charge in [-0.1, -0.05) is 97.3 Å². The Balaban J connectivity index is 3.14. The normalized spacial score (nSPS) is 13.5. The minimum Gasteiger partial charge on any atom is -0.324 e. The molecule has 3 nitrogen and oxygen atoms in total. The predicted octanol–water partition coefficient (Wildman–Crippen LogP) is 6.03. The van der Waals surface area contributed by atoms with Gasteiger partial charge in [0.15, 0.2) is 0 Å². The zero-order valence-corrected chi connectivity index (χ0v) is 15.1. The van der Waals surface area contributed by atoms with Gasteiger partial charge in [0, 0.05) is 0 Å². The van der Waals surface area contributed by atoms with Crippen LogP contribution < -0.4 is 0 Å².